The first-order chi connectivity index (χ1) is 20.4. The van der Waals surface area contributed by atoms with Crippen LogP contribution in [0.3, 0.4) is 0 Å². The smallest absolute Gasteiger partial charge is 0.251 e. The number of hydrogen-bond donors (Lipinski definition) is 3. The molecule has 1 aliphatic rings. The van der Waals surface area contributed by atoms with E-state index in [4.69, 9.17) is 9.53 Å². The summed E-state index contributed by atoms with van der Waals surface area (Å²) in [7, 11) is 1.38. The van der Waals surface area contributed by atoms with Crippen molar-refractivity contribution in [2.24, 2.45) is 5.73 Å². The van der Waals surface area contributed by atoms with E-state index in [1.807, 2.05) is 18.3 Å². The molecule has 2 amide bonds. The molecule has 10 heteroatoms. The number of aromatic amines is 1. The standard InChI is InChI=1S/C32H40F2N4O2.CH3NO/c1-7-10-23(8-2)38-19-32(20-38,18-31(4,5)26-11-9-12-28-25(26)17-35-37-28)36-30(39)21(3)15-29(40-6)24-14-13-22(33)16-27(24)34;2-1-3/h9,11-17,23H,3,7-8,10,18-20H2,1-2,4-6H3,(H,35,37)(H,36,39);1H,(H2,2,3)/b29-15-;. The van der Waals surface area contributed by atoms with Gasteiger partial charge in [0.1, 0.15) is 17.4 Å². The number of likely N-dealkylation sites (tertiary alicyclic amines) is 1. The summed E-state index contributed by atoms with van der Waals surface area (Å²) in [5.74, 6) is -1.71. The van der Waals surface area contributed by atoms with E-state index < -0.39 is 17.2 Å². The molecule has 2 heterocycles. The highest BCUT2D eigenvalue weighted by Gasteiger charge is 2.49. The van der Waals surface area contributed by atoms with Crippen molar-refractivity contribution in [1.82, 2.24) is 20.4 Å². The normalized spacial score (nSPS) is 15.6. The molecule has 3 aromatic rings. The molecule has 232 valence electrons. The van der Waals surface area contributed by atoms with Crippen LogP contribution < -0.4 is 11.1 Å². The zero-order chi connectivity index (χ0) is 31.8. The van der Waals surface area contributed by atoms with Gasteiger partial charge in [0.25, 0.3) is 5.91 Å². The van der Waals surface area contributed by atoms with Gasteiger partial charge in [-0.15, -0.1) is 0 Å². The molecule has 0 saturated carbocycles. The van der Waals surface area contributed by atoms with E-state index in [1.165, 1.54) is 24.8 Å². The molecule has 0 spiro atoms. The van der Waals surface area contributed by atoms with Gasteiger partial charge in [-0.1, -0.05) is 52.8 Å². The quantitative estimate of drug-likeness (QED) is 0.109. The third kappa shape index (κ3) is 7.87. The molecule has 0 radical (unpaired) electrons. The highest BCUT2D eigenvalue weighted by molar-refractivity contribution is 5.97. The molecule has 0 bridgehead atoms. The molecule has 8 nitrogen and oxygen atoms in total. The van der Waals surface area contributed by atoms with E-state index in [0.717, 1.165) is 55.4 Å². The molecule has 4 N–H and O–H groups in total. The number of benzene rings is 2. The van der Waals surface area contributed by atoms with Gasteiger partial charge in [-0.2, -0.15) is 5.10 Å². The van der Waals surface area contributed by atoms with Gasteiger partial charge < -0.3 is 15.8 Å². The number of amides is 2. The minimum absolute atomic E-state index is 0.0575. The Morgan fingerprint density at radius 2 is 1.98 bits per heavy atom. The van der Waals surface area contributed by atoms with E-state index in [-0.39, 0.29) is 34.6 Å². The second-order valence-electron chi connectivity index (χ2n) is 11.7. The van der Waals surface area contributed by atoms with Crippen molar-refractivity contribution >= 4 is 29.0 Å². The maximum absolute atomic E-state index is 14.4. The Morgan fingerprint density at radius 1 is 1.28 bits per heavy atom. The molecule has 1 aliphatic heterocycles. The molecule has 43 heavy (non-hydrogen) atoms. The van der Waals surface area contributed by atoms with Crippen LogP contribution in [0.15, 0.2) is 60.8 Å². The number of nitrogens with one attached hydrogen (secondary N) is 2. The number of nitrogens with zero attached hydrogens (tertiary/aromatic N) is 2. The zero-order valence-electron chi connectivity index (χ0n) is 25.7. The third-order valence-electron chi connectivity index (χ3n) is 8.01. The van der Waals surface area contributed by atoms with Crippen LogP contribution in [0.2, 0.25) is 0 Å². The van der Waals surface area contributed by atoms with Crippen molar-refractivity contribution in [2.75, 3.05) is 20.2 Å². The fourth-order valence-corrected chi connectivity index (χ4v) is 6.18. The van der Waals surface area contributed by atoms with Crippen molar-refractivity contribution in [1.29, 1.82) is 0 Å². The molecular weight excluding hydrogens is 552 g/mol. The van der Waals surface area contributed by atoms with E-state index in [1.54, 1.807) is 0 Å². The van der Waals surface area contributed by atoms with Crippen molar-refractivity contribution in [3.05, 3.63) is 83.6 Å². The summed E-state index contributed by atoms with van der Waals surface area (Å²) in [4.78, 5) is 24.6. The number of primary amides is 1. The molecule has 1 unspecified atom stereocenters. The van der Waals surface area contributed by atoms with Crippen molar-refractivity contribution in [3.63, 3.8) is 0 Å². The van der Waals surface area contributed by atoms with Gasteiger partial charge in [0, 0.05) is 36.2 Å². The number of nitrogens with two attached hydrogens (primary N) is 1. The van der Waals surface area contributed by atoms with E-state index in [9.17, 15) is 13.6 Å². The number of carbonyl (C=O) groups is 2. The van der Waals surface area contributed by atoms with Crippen LogP contribution in [0.1, 0.15) is 64.5 Å². The van der Waals surface area contributed by atoms with Crippen LogP contribution in [0.25, 0.3) is 16.7 Å². The fraction of sp³-hybridized carbons (Fsp3) is 0.424. The number of rotatable bonds is 12. The molecule has 1 saturated heterocycles. The Hall–Kier alpha value is -4.05. The first-order valence-electron chi connectivity index (χ1n) is 14.5. The van der Waals surface area contributed by atoms with Gasteiger partial charge in [-0.3, -0.25) is 19.6 Å². The van der Waals surface area contributed by atoms with Gasteiger partial charge in [0.2, 0.25) is 6.41 Å². The zero-order valence-corrected chi connectivity index (χ0v) is 25.7. The lowest BCUT2D eigenvalue weighted by molar-refractivity contribution is -0.123. The van der Waals surface area contributed by atoms with Gasteiger partial charge in [-0.05, 0) is 54.5 Å². The lowest BCUT2D eigenvalue weighted by Gasteiger charge is -2.56. The monoisotopic (exact) mass is 595 g/mol. The average Bonchev–Trinajstić information content (AvgIpc) is 3.42. The summed E-state index contributed by atoms with van der Waals surface area (Å²) in [6.07, 6.45) is 7.46. The van der Waals surface area contributed by atoms with Gasteiger partial charge in [-0.25, -0.2) is 8.78 Å². The number of halogens is 2. The summed E-state index contributed by atoms with van der Waals surface area (Å²) >= 11 is 0. The minimum Gasteiger partial charge on any atom is -0.496 e. The van der Waals surface area contributed by atoms with Crippen molar-refractivity contribution in [3.8, 4) is 0 Å². The number of methoxy groups -OCH3 is 1. The molecule has 1 aromatic heterocycles. The van der Waals surface area contributed by atoms with E-state index in [2.05, 4.69) is 66.5 Å². The van der Waals surface area contributed by atoms with Crippen LogP contribution >= 0.6 is 0 Å². The minimum atomic E-state index is -0.774. The van der Waals surface area contributed by atoms with Crippen LogP contribution in [-0.4, -0.2) is 59.2 Å². The van der Waals surface area contributed by atoms with E-state index >= 15 is 0 Å². The van der Waals surface area contributed by atoms with Crippen molar-refractivity contribution in [2.45, 2.75) is 70.4 Å². The maximum Gasteiger partial charge on any atom is 0.251 e. The summed E-state index contributed by atoms with van der Waals surface area (Å²) in [6, 6.07) is 9.83. The predicted octanol–water partition coefficient (Wildman–Crippen LogP) is 5.60. The van der Waals surface area contributed by atoms with Gasteiger partial charge in [0.05, 0.1) is 29.9 Å². The maximum atomic E-state index is 14.4. The van der Waals surface area contributed by atoms with Crippen molar-refractivity contribution < 1.29 is 23.1 Å². The van der Waals surface area contributed by atoms with Crippen LogP contribution in [-0.2, 0) is 19.7 Å². The summed E-state index contributed by atoms with van der Waals surface area (Å²) in [5.41, 5.74) is 5.74. The molecular formula is C33H43F2N5O3. The lowest BCUT2D eigenvalue weighted by atomic mass is 9.69. The number of ether oxygens (including phenoxy) is 1. The SMILES string of the molecule is C=C(/C=C(\OC)c1ccc(F)cc1F)C(=O)NC1(CC(C)(C)c2cccc3[nH]ncc23)CN(C(CC)CCC)C1.NC=O. The first-order valence-corrected chi connectivity index (χ1v) is 14.5. The van der Waals surface area contributed by atoms with E-state index in [0.29, 0.717) is 12.5 Å². The third-order valence-corrected chi connectivity index (χ3v) is 8.01. The topological polar surface area (TPSA) is 113 Å². The number of carbonyl (C=O) groups excluding carboxylic acids is 2. The molecule has 1 fully saturated rings. The summed E-state index contributed by atoms with van der Waals surface area (Å²) < 4.78 is 33.2. The van der Waals surface area contributed by atoms with Gasteiger partial charge in [0.15, 0.2) is 0 Å². The summed E-state index contributed by atoms with van der Waals surface area (Å²) in [6.45, 7) is 14.2. The predicted molar refractivity (Wildman–Crippen MR) is 166 cm³/mol. The lowest BCUT2D eigenvalue weighted by Crippen LogP contribution is -2.73. The Balaban J connectivity index is 0.00000162. The first kappa shape index (κ1) is 33.5. The second-order valence-corrected chi connectivity index (χ2v) is 11.7. The Morgan fingerprint density at radius 3 is 2.58 bits per heavy atom. The molecule has 4 rings (SSSR count). The average molecular weight is 596 g/mol. The highest BCUT2D eigenvalue weighted by atomic mass is 19.1. The Labute approximate surface area is 252 Å². The second kappa shape index (κ2) is 14.4. The number of fused-ring (bicyclic) bond motifs is 1. The van der Waals surface area contributed by atoms with Crippen LogP contribution in [0.4, 0.5) is 8.78 Å². The van der Waals surface area contributed by atoms with Gasteiger partial charge >= 0.3 is 0 Å². The summed E-state index contributed by atoms with van der Waals surface area (Å²) in [5, 5.41) is 11.7. The fourth-order valence-electron chi connectivity index (χ4n) is 6.18. The number of hydrogen-bond acceptors (Lipinski definition) is 5. The molecule has 0 aliphatic carbocycles. The molecule has 2 aromatic carbocycles. The number of H-pyrrole nitrogens is 1. The molecule has 1 atom stereocenters. The highest BCUT2D eigenvalue weighted by Crippen LogP contribution is 2.41. The Kier molecular flexibility index (Phi) is 11.2. The van der Waals surface area contributed by atoms with Crippen LogP contribution in [0, 0.1) is 11.6 Å². The largest absolute Gasteiger partial charge is 0.496 e. The number of aromatic nitrogens is 2. The van der Waals surface area contributed by atoms with Crippen LogP contribution in [0.5, 0.6) is 0 Å². The Bertz CT molecular complexity index is 1460.